The molecule has 8 nitrogen and oxygen atoms in total. The van der Waals surface area contributed by atoms with Crippen LogP contribution < -0.4 is 5.32 Å². The Kier molecular flexibility index (Phi) is 7.01. The van der Waals surface area contributed by atoms with Gasteiger partial charge in [-0.15, -0.1) is 0 Å². The summed E-state index contributed by atoms with van der Waals surface area (Å²) in [6.45, 7) is 5.90. The van der Waals surface area contributed by atoms with Crippen molar-refractivity contribution >= 4 is 23.6 Å². The van der Waals surface area contributed by atoms with Crippen molar-refractivity contribution in [3.63, 3.8) is 0 Å². The SMILES string of the molecule is CCOC(=O)C1=C(C)NC(SCC(=O)N2CCOCC2)=C(C#N)C1c1ccco1. The summed E-state index contributed by atoms with van der Waals surface area (Å²) in [5.41, 5.74) is 1.24. The summed E-state index contributed by atoms with van der Waals surface area (Å²) in [4.78, 5) is 26.8. The first-order chi connectivity index (χ1) is 14.1. The molecule has 0 aliphatic carbocycles. The highest BCUT2D eigenvalue weighted by molar-refractivity contribution is 8.03. The zero-order valence-electron chi connectivity index (χ0n) is 16.4. The van der Waals surface area contributed by atoms with Gasteiger partial charge >= 0.3 is 5.97 Å². The summed E-state index contributed by atoms with van der Waals surface area (Å²) in [7, 11) is 0. The third kappa shape index (κ3) is 4.66. The molecule has 1 saturated heterocycles. The topological polar surface area (TPSA) is 105 Å². The number of carbonyl (C=O) groups excluding carboxylic acids is 2. The van der Waals surface area contributed by atoms with Crippen molar-refractivity contribution in [1.82, 2.24) is 10.2 Å². The fraction of sp³-hybridized carbons (Fsp3) is 0.450. The van der Waals surface area contributed by atoms with Crippen LogP contribution in [0.2, 0.25) is 0 Å². The Hall–Kier alpha value is -2.70. The van der Waals surface area contributed by atoms with E-state index in [4.69, 9.17) is 13.9 Å². The van der Waals surface area contributed by atoms with Crippen molar-refractivity contribution in [2.75, 3.05) is 38.7 Å². The molecule has 0 spiro atoms. The molecule has 3 heterocycles. The molecule has 0 saturated carbocycles. The Morgan fingerprint density at radius 1 is 1.41 bits per heavy atom. The summed E-state index contributed by atoms with van der Waals surface area (Å²) in [6.07, 6.45) is 1.50. The Balaban J connectivity index is 1.86. The van der Waals surface area contributed by atoms with Gasteiger partial charge in [0.2, 0.25) is 5.91 Å². The van der Waals surface area contributed by atoms with E-state index in [-0.39, 0.29) is 18.3 Å². The molecular formula is C20H23N3O5S. The molecule has 0 aromatic carbocycles. The monoisotopic (exact) mass is 417 g/mol. The summed E-state index contributed by atoms with van der Waals surface area (Å²) >= 11 is 1.25. The van der Waals surface area contributed by atoms with Gasteiger partial charge in [-0.1, -0.05) is 11.8 Å². The minimum Gasteiger partial charge on any atom is -0.468 e. The third-order valence-corrected chi connectivity index (χ3v) is 5.68. The van der Waals surface area contributed by atoms with Gasteiger partial charge in [0, 0.05) is 18.8 Å². The fourth-order valence-electron chi connectivity index (χ4n) is 3.28. The fourth-order valence-corrected chi connectivity index (χ4v) is 4.28. The average molecular weight is 417 g/mol. The molecule has 1 fully saturated rings. The van der Waals surface area contributed by atoms with Gasteiger partial charge in [-0.2, -0.15) is 5.26 Å². The van der Waals surface area contributed by atoms with E-state index in [0.29, 0.717) is 53.9 Å². The third-order valence-electron chi connectivity index (χ3n) is 4.67. The van der Waals surface area contributed by atoms with E-state index in [1.165, 1.54) is 18.0 Å². The standard InChI is InChI=1S/C20H23N3O5S/c1-3-27-20(25)17-13(2)22-19(14(11-21)18(17)15-5-4-8-28-15)29-12-16(24)23-6-9-26-10-7-23/h4-5,8,18,22H,3,6-7,9-10,12H2,1-2H3. The Morgan fingerprint density at radius 2 is 2.17 bits per heavy atom. The zero-order valence-corrected chi connectivity index (χ0v) is 17.2. The molecule has 1 unspecified atom stereocenters. The van der Waals surface area contributed by atoms with Gasteiger partial charge in [0.25, 0.3) is 0 Å². The molecular weight excluding hydrogens is 394 g/mol. The molecule has 3 rings (SSSR count). The Bertz CT molecular complexity index is 863. The highest BCUT2D eigenvalue weighted by Gasteiger charge is 2.37. The second-order valence-corrected chi connectivity index (χ2v) is 7.45. The van der Waals surface area contributed by atoms with Crippen molar-refractivity contribution < 1.29 is 23.5 Å². The largest absolute Gasteiger partial charge is 0.468 e. The summed E-state index contributed by atoms with van der Waals surface area (Å²) in [5, 5.41) is 13.5. The molecule has 9 heteroatoms. The number of dihydropyridines is 1. The van der Waals surface area contributed by atoms with Crippen LogP contribution in [0.15, 0.2) is 44.7 Å². The maximum Gasteiger partial charge on any atom is 0.336 e. The number of morpholine rings is 1. The smallest absolute Gasteiger partial charge is 0.336 e. The van der Waals surface area contributed by atoms with Gasteiger partial charge in [-0.3, -0.25) is 4.79 Å². The Labute approximate surface area is 173 Å². The van der Waals surface area contributed by atoms with Crippen LogP contribution in [0.1, 0.15) is 25.5 Å². The van der Waals surface area contributed by atoms with Gasteiger partial charge in [-0.05, 0) is 26.0 Å². The lowest BCUT2D eigenvalue weighted by Gasteiger charge is -2.29. The minimum atomic E-state index is -0.684. The lowest BCUT2D eigenvalue weighted by atomic mass is 9.86. The predicted molar refractivity (Wildman–Crippen MR) is 106 cm³/mol. The molecule has 29 heavy (non-hydrogen) atoms. The maximum absolute atomic E-state index is 12.6. The number of hydrogen-bond acceptors (Lipinski definition) is 8. The number of nitrogens with one attached hydrogen (secondary N) is 1. The molecule has 154 valence electrons. The number of allylic oxidation sites excluding steroid dienone is 2. The molecule has 0 radical (unpaired) electrons. The lowest BCUT2D eigenvalue weighted by molar-refractivity contribution is -0.139. The molecule has 2 aliphatic heterocycles. The van der Waals surface area contributed by atoms with Gasteiger partial charge in [0.15, 0.2) is 0 Å². The lowest BCUT2D eigenvalue weighted by Crippen LogP contribution is -2.41. The second kappa shape index (κ2) is 9.67. The van der Waals surface area contributed by atoms with Gasteiger partial charge < -0.3 is 24.1 Å². The molecule has 2 aliphatic rings. The minimum absolute atomic E-state index is 0.0164. The van der Waals surface area contributed by atoms with E-state index in [1.807, 2.05) is 0 Å². The number of nitrogens with zero attached hydrogens (tertiary/aromatic N) is 2. The van der Waals surface area contributed by atoms with Crippen molar-refractivity contribution in [2.24, 2.45) is 0 Å². The van der Waals surface area contributed by atoms with E-state index in [2.05, 4.69) is 11.4 Å². The first-order valence-electron chi connectivity index (χ1n) is 9.37. The molecule has 1 N–H and O–H groups in total. The first kappa shape index (κ1) is 21.0. The molecule has 1 aromatic rings. The van der Waals surface area contributed by atoms with Crippen molar-refractivity contribution in [3.05, 3.63) is 46.0 Å². The van der Waals surface area contributed by atoms with E-state index >= 15 is 0 Å². The van der Waals surface area contributed by atoms with E-state index < -0.39 is 11.9 Å². The number of amides is 1. The number of hydrogen-bond donors (Lipinski definition) is 1. The van der Waals surface area contributed by atoms with Crippen LogP contribution in [0.25, 0.3) is 0 Å². The number of esters is 1. The van der Waals surface area contributed by atoms with E-state index in [0.717, 1.165) is 0 Å². The molecule has 0 bridgehead atoms. The van der Waals surface area contributed by atoms with Crippen molar-refractivity contribution in [3.8, 4) is 6.07 Å². The van der Waals surface area contributed by atoms with Crippen LogP contribution in [0.3, 0.4) is 0 Å². The van der Waals surface area contributed by atoms with Crippen LogP contribution in [-0.2, 0) is 19.1 Å². The highest BCUT2D eigenvalue weighted by Crippen LogP contribution is 2.41. The molecule has 1 aromatic heterocycles. The highest BCUT2D eigenvalue weighted by atomic mass is 32.2. The Morgan fingerprint density at radius 3 is 2.79 bits per heavy atom. The van der Waals surface area contributed by atoms with E-state index in [1.54, 1.807) is 30.9 Å². The summed E-state index contributed by atoms with van der Waals surface area (Å²) in [5.74, 6) is -0.544. The van der Waals surface area contributed by atoms with Crippen LogP contribution in [-0.4, -0.2) is 55.4 Å². The van der Waals surface area contributed by atoms with Gasteiger partial charge in [-0.25, -0.2) is 4.79 Å². The normalized spacial score (nSPS) is 19.6. The van der Waals surface area contributed by atoms with Crippen LogP contribution >= 0.6 is 11.8 Å². The number of thioether (sulfide) groups is 1. The summed E-state index contributed by atoms with van der Waals surface area (Å²) < 4.78 is 16.0. The zero-order chi connectivity index (χ0) is 20.8. The van der Waals surface area contributed by atoms with Gasteiger partial charge in [0.05, 0.1) is 60.0 Å². The number of carbonyl (C=O) groups is 2. The van der Waals surface area contributed by atoms with Crippen LogP contribution in [0, 0.1) is 11.3 Å². The molecule has 1 amide bonds. The van der Waals surface area contributed by atoms with Gasteiger partial charge in [0.1, 0.15) is 5.76 Å². The van der Waals surface area contributed by atoms with Crippen molar-refractivity contribution in [1.29, 1.82) is 5.26 Å². The van der Waals surface area contributed by atoms with Crippen LogP contribution in [0.5, 0.6) is 0 Å². The predicted octanol–water partition coefficient (Wildman–Crippen LogP) is 2.13. The first-order valence-corrected chi connectivity index (χ1v) is 10.4. The second-order valence-electron chi connectivity index (χ2n) is 6.47. The van der Waals surface area contributed by atoms with Crippen molar-refractivity contribution in [2.45, 2.75) is 19.8 Å². The van der Waals surface area contributed by atoms with Crippen LogP contribution in [0.4, 0.5) is 0 Å². The number of ether oxygens (including phenoxy) is 2. The molecule has 1 atom stereocenters. The van der Waals surface area contributed by atoms with E-state index in [9.17, 15) is 14.9 Å². The number of nitriles is 1. The number of rotatable bonds is 6. The number of furan rings is 1. The summed E-state index contributed by atoms with van der Waals surface area (Å²) in [6, 6.07) is 5.62. The average Bonchev–Trinajstić information content (AvgIpc) is 3.26. The maximum atomic E-state index is 12.6. The quantitative estimate of drug-likeness (QED) is 0.702.